The molecule has 0 aliphatic heterocycles. The van der Waals surface area contributed by atoms with Crippen LogP contribution < -0.4 is 19.5 Å². The Morgan fingerprint density at radius 3 is 2.07 bits per heavy atom. The third kappa shape index (κ3) is 4.71. The second kappa shape index (κ2) is 9.28. The summed E-state index contributed by atoms with van der Waals surface area (Å²) >= 11 is 0. The summed E-state index contributed by atoms with van der Waals surface area (Å²) in [5, 5.41) is 3.01. The summed E-state index contributed by atoms with van der Waals surface area (Å²) < 4.78 is 16.2. The maximum Gasteiger partial charge on any atom is 0.251 e. The average molecular weight is 372 g/mol. The highest BCUT2D eigenvalue weighted by Gasteiger charge is 2.20. The lowest BCUT2D eigenvalue weighted by molar-refractivity contribution is 0.0940. The molecule has 1 unspecified atom stereocenters. The van der Waals surface area contributed by atoms with E-state index in [9.17, 15) is 4.79 Å². The second-order valence-electron chi connectivity index (χ2n) is 6.44. The van der Waals surface area contributed by atoms with E-state index in [4.69, 9.17) is 14.2 Å². The number of methoxy groups -OCH3 is 3. The standard InChI is InChI=1S/C21H28N2O4/c1-14-19(26-5)11-15(12-20(14)27-6)21(24)22-13-17(23(2)3)16-9-7-8-10-18(16)25-4/h7-12,17H,13H2,1-6H3,(H,22,24). The lowest BCUT2D eigenvalue weighted by atomic mass is 10.0. The van der Waals surface area contributed by atoms with Crippen LogP contribution in [0.5, 0.6) is 17.2 Å². The fraction of sp³-hybridized carbons (Fsp3) is 0.381. The van der Waals surface area contributed by atoms with Gasteiger partial charge in [-0.3, -0.25) is 4.79 Å². The van der Waals surface area contributed by atoms with Gasteiger partial charge in [0.05, 0.1) is 27.4 Å². The van der Waals surface area contributed by atoms with Crippen LogP contribution in [0.4, 0.5) is 0 Å². The van der Waals surface area contributed by atoms with Crippen molar-refractivity contribution in [2.45, 2.75) is 13.0 Å². The van der Waals surface area contributed by atoms with Crippen LogP contribution >= 0.6 is 0 Å². The summed E-state index contributed by atoms with van der Waals surface area (Å²) in [7, 11) is 8.75. The molecule has 0 saturated heterocycles. The Bertz CT molecular complexity index is 764. The summed E-state index contributed by atoms with van der Waals surface area (Å²) in [4.78, 5) is 14.8. The van der Waals surface area contributed by atoms with Gasteiger partial charge in [0.25, 0.3) is 5.91 Å². The largest absolute Gasteiger partial charge is 0.496 e. The smallest absolute Gasteiger partial charge is 0.251 e. The Kier molecular flexibility index (Phi) is 7.07. The number of nitrogens with zero attached hydrogens (tertiary/aromatic N) is 1. The maximum atomic E-state index is 12.7. The fourth-order valence-corrected chi connectivity index (χ4v) is 3.02. The van der Waals surface area contributed by atoms with Gasteiger partial charge in [-0.1, -0.05) is 18.2 Å². The topological polar surface area (TPSA) is 60.0 Å². The minimum absolute atomic E-state index is 0.0284. The maximum absolute atomic E-state index is 12.7. The summed E-state index contributed by atoms with van der Waals surface area (Å²) in [6.07, 6.45) is 0. The number of carbonyl (C=O) groups excluding carboxylic acids is 1. The number of carbonyl (C=O) groups is 1. The Hall–Kier alpha value is -2.73. The van der Waals surface area contributed by atoms with Crippen molar-refractivity contribution in [1.82, 2.24) is 10.2 Å². The van der Waals surface area contributed by atoms with E-state index in [0.717, 1.165) is 16.9 Å². The van der Waals surface area contributed by atoms with Gasteiger partial charge < -0.3 is 24.4 Å². The van der Waals surface area contributed by atoms with E-state index >= 15 is 0 Å². The normalized spacial score (nSPS) is 11.8. The number of ether oxygens (including phenoxy) is 3. The minimum Gasteiger partial charge on any atom is -0.496 e. The van der Waals surface area contributed by atoms with Crippen molar-refractivity contribution in [2.75, 3.05) is 42.0 Å². The van der Waals surface area contributed by atoms with Crippen LogP contribution in [0, 0.1) is 6.92 Å². The van der Waals surface area contributed by atoms with Gasteiger partial charge in [0.15, 0.2) is 0 Å². The average Bonchev–Trinajstić information content (AvgIpc) is 2.68. The molecule has 2 rings (SSSR count). The number of para-hydroxylation sites is 1. The molecule has 146 valence electrons. The van der Waals surface area contributed by atoms with Crippen molar-refractivity contribution in [2.24, 2.45) is 0 Å². The first-order valence-electron chi connectivity index (χ1n) is 8.73. The number of hydrogen-bond donors (Lipinski definition) is 1. The van der Waals surface area contributed by atoms with E-state index in [2.05, 4.69) is 10.2 Å². The first-order chi connectivity index (χ1) is 12.9. The molecule has 2 aromatic carbocycles. The molecule has 6 nitrogen and oxygen atoms in total. The Morgan fingerprint density at radius 1 is 1.00 bits per heavy atom. The molecule has 0 aliphatic carbocycles. The van der Waals surface area contributed by atoms with Crippen LogP contribution in [-0.4, -0.2) is 52.8 Å². The zero-order chi connectivity index (χ0) is 20.0. The molecule has 6 heteroatoms. The highest BCUT2D eigenvalue weighted by Crippen LogP contribution is 2.30. The molecule has 0 spiro atoms. The van der Waals surface area contributed by atoms with Crippen molar-refractivity contribution in [3.8, 4) is 17.2 Å². The first-order valence-corrected chi connectivity index (χ1v) is 8.73. The van der Waals surface area contributed by atoms with Gasteiger partial charge in [-0.25, -0.2) is 0 Å². The van der Waals surface area contributed by atoms with E-state index in [1.165, 1.54) is 0 Å². The zero-order valence-electron chi connectivity index (χ0n) is 16.8. The molecule has 1 N–H and O–H groups in total. The molecule has 0 aliphatic rings. The van der Waals surface area contributed by atoms with Gasteiger partial charge in [-0.2, -0.15) is 0 Å². The Labute approximate surface area is 161 Å². The van der Waals surface area contributed by atoms with E-state index in [1.54, 1.807) is 33.5 Å². The third-order valence-electron chi connectivity index (χ3n) is 4.59. The van der Waals surface area contributed by atoms with Crippen molar-refractivity contribution >= 4 is 5.91 Å². The van der Waals surface area contributed by atoms with Crippen LogP contribution in [0.3, 0.4) is 0 Å². The van der Waals surface area contributed by atoms with Crippen LogP contribution in [0.2, 0.25) is 0 Å². The summed E-state index contributed by atoms with van der Waals surface area (Å²) in [6, 6.07) is 11.2. The van der Waals surface area contributed by atoms with E-state index in [1.807, 2.05) is 45.3 Å². The quantitative estimate of drug-likeness (QED) is 0.772. The summed E-state index contributed by atoms with van der Waals surface area (Å²) in [5.74, 6) is 1.85. The number of likely N-dealkylation sites (N-methyl/N-ethyl adjacent to an activating group) is 1. The Morgan fingerprint density at radius 2 is 1.56 bits per heavy atom. The number of hydrogen-bond acceptors (Lipinski definition) is 5. The number of nitrogens with one attached hydrogen (secondary N) is 1. The minimum atomic E-state index is -0.187. The van der Waals surface area contributed by atoms with Gasteiger partial charge in [0, 0.05) is 23.2 Å². The van der Waals surface area contributed by atoms with Crippen molar-refractivity contribution in [3.05, 3.63) is 53.1 Å². The molecule has 0 heterocycles. The predicted octanol–water partition coefficient (Wildman–Crippen LogP) is 3.05. The lowest BCUT2D eigenvalue weighted by Gasteiger charge is -2.26. The zero-order valence-corrected chi connectivity index (χ0v) is 16.8. The molecule has 0 radical (unpaired) electrons. The van der Waals surface area contributed by atoms with E-state index < -0.39 is 0 Å². The van der Waals surface area contributed by atoms with Crippen molar-refractivity contribution < 1.29 is 19.0 Å². The predicted molar refractivity (Wildman–Crippen MR) is 106 cm³/mol. The molecular weight excluding hydrogens is 344 g/mol. The number of benzene rings is 2. The van der Waals surface area contributed by atoms with Crippen molar-refractivity contribution in [1.29, 1.82) is 0 Å². The van der Waals surface area contributed by atoms with Gasteiger partial charge in [-0.15, -0.1) is 0 Å². The van der Waals surface area contributed by atoms with Crippen molar-refractivity contribution in [3.63, 3.8) is 0 Å². The summed E-state index contributed by atoms with van der Waals surface area (Å²) in [6.45, 7) is 2.33. The molecule has 0 fully saturated rings. The number of amides is 1. The molecular formula is C21H28N2O4. The molecule has 0 saturated carbocycles. The monoisotopic (exact) mass is 372 g/mol. The highest BCUT2D eigenvalue weighted by atomic mass is 16.5. The van der Waals surface area contributed by atoms with E-state index in [-0.39, 0.29) is 11.9 Å². The van der Waals surface area contributed by atoms with Gasteiger partial charge in [-0.05, 0) is 39.2 Å². The van der Waals surface area contributed by atoms with Crippen LogP contribution in [0.25, 0.3) is 0 Å². The first kappa shape index (κ1) is 20.6. The Balaban J connectivity index is 2.22. The molecule has 2 aromatic rings. The van der Waals surface area contributed by atoms with Gasteiger partial charge in [0.1, 0.15) is 17.2 Å². The van der Waals surface area contributed by atoms with Gasteiger partial charge >= 0.3 is 0 Å². The van der Waals surface area contributed by atoms with Crippen LogP contribution in [-0.2, 0) is 0 Å². The van der Waals surface area contributed by atoms with Crippen LogP contribution in [0.15, 0.2) is 36.4 Å². The molecule has 1 amide bonds. The number of rotatable bonds is 8. The van der Waals surface area contributed by atoms with E-state index in [0.29, 0.717) is 23.6 Å². The second-order valence-corrected chi connectivity index (χ2v) is 6.44. The fourth-order valence-electron chi connectivity index (χ4n) is 3.02. The highest BCUT2D eigenvalue weighted by molar-refractivity contribution is 5.95. The lowest BCUT2D eigenvalue weighted by Crippen LogP contribution is -2.34. The van der Waals surface area contributed by atoms with Crippen LogP contribution in [0.1, 0.15) is 27.5 Å². The molecule has 1 atom stereocenters. The molecule has 0 aromatic heterocycles. The van der Waals surface area contributed by atoms with Gasteiger partial charge in [0.2, 0.25) is 0 Å². The summed E-state index contributed by atoms with van der Waals surface area (Å²) in [5.41, 5.74) is 2.37. The third-order valence-corrected chi connectivity index (χ3v) is 4.59. The SMILES string of the molecule is COc1ccccc1C(CNC(=O)c1cc(OC)c(C)c(OC)c1)N(C)C. The molecule has 0 bridgehead atoms. The molecule has 27 heavy (non-hydrogen) atoms.